The maximum atomic E-state index is 13.6. The third kappa shape index (κ3) is 5.17. The van der Waals surface area contributed by atoms with Gasteiger partial charge in [-0.1, -0.05) is 17.7 Å². The summed E-state index contributed by atoms with van der Waals surface area (Å²) in [5.74, 6) is 1.53. The molecule has 11 nitrogen and oxygen atoms in total. The fourth-order valence-corrected chi connectivity index (χ4v) is 5.71. The van der Waals surface area contributed by atoms with E-state index in [0.29, 0.717) is 41.2 Å². The van der Waals surface area contributed by atoms with Gasteiger partial charge in [0.05, 0.1) is 31.1 Å². The van der Waals surface area contributed by atoms with E-state index < -0.39 is 26.9 Å². The lowest BCUT2D eigenvalue weighted by atomic mass is 10.1. The van der Waals surface area contributed by atoms with Crippen molar-refractivity contribution in [3.63, 3.8) is 0 Å². The minimum Gasteiger partial charge on any atom is -0.494 e. The predicted octanol–water partition coefficient (Wildman–Crippen LogP) is 2.92. The van der Waals surface area contributed by atoms with Crippen LogP contribution in [0.4, 0.5) is 0 Å². The van der Waals surface area contributed by atoms with Gasteiger partial charge >= 0.3 is 0 Å². The Bertz CT molecular complexity index is 1270. The summed E-state index contributed by atoms with van der Waals surface area (Å²) in [4.78, 5) is 8.29. The zero-order chi connectivity index (χ0) is 25.9. The van der Waals surface area contributed by atoms with Crippen LogP contribution in [0.3, 0.4) is 0 Å². The van der Waals surface area contributed by atoms with Crippen molar-refractivity contribution < 1.29 is 27.4 Å². The van der Waals surface area contributed by atoms with Crippen LogP contribution in [0, 0.1) is 0 Å². The fraction of sp³-hybridized carbons (Fsp3) is 0.478. The van der Waals surface area contributed by atoms with Gasteiger partial charge in [-0.15, -0.1) is 10.2 Å². The van der Waals surface area contributed by atoms with Gasteiger partial charge in [-0.3, -0.25) is 4.57 Å². The largest absolute Gasteiger partial charge is 0.494 e. The second kappa shape index (κ2) is 11.1. The number of nitrogens with zero attached hydrogens (tertiary/aromatic N) is 5. The third-order valence-electron chi connectivity index (χ3n) is 6.15. The molecule has 0 spiro atoms. The Morgan fingerprint density at radius 3 is 2.36 bits per heavy atom. The van der Waals surface area contributed by atoms with Gasteiger partial charge in [0.2, 0.25) is 0 Å². The molecular formula is C23H28ClN5O6S. The first-order valence-corrected chi connectivity index (χ1v) is 13.3. The van der Waals surface area contributed by atoms with Gasteiger partial charge in [-0.2, -0.15) is 0 Å². The number of sulfone groups is 1. The van der Waals surface area contributed by atoms with Crippen molar-refractivity contribution in [1.82, 2.24) is 24.7 Å². The molecule has 0 aliphatic carbocycles. The Labute approximate surface area is 214 Å². The molecule has 3 atom stereocenters. The molecule has 1 aliphatic rings. The summed E-state index contributed by atoms with van der Waals surface area (Å²) >= 11 is 5.89. The molecule has 36 heavy (non-hydrogen) atoms. The van der Waals surface area contributed by atoms with Crippen LogP contribution in [-0.2, 0) is 25.1 Å². The molecule has 0 N–H and O–H groups in total. The monoisotopic (exact) mass is 537 g/mol. The van der Waals surface area contributed by atoms with Gasteiger partial charge in [0.15, 0.2) is 21.5 Å². The second-order valence-corrected chi connectivity index (χ2v) is 11.1. The summed E-state index contributed by atoms with van der Waals surface area (Å²) in [7, 11) is 0.648. The molecule has 194 valence electrons. The Kier molecular flexibility index (Phi) is 8.08. The molecule has 2 aromatic heterocycles. The quantitative estimate of drug-likeness (QED) is 0.380. The van der Waals surface area contributed by atoms with Crippen molar-refractivity contribution in [2.24, 2.45) is 0 Å². The standard InChI is InChI=1S/C23H28ClN5O6S/c1-14(21(34-4)22-25-10-16(24)11-26-22)36(30,31)13-19-27-28-23(15-8-9-35-12-15)29(19)20-17(32-2)6-5-7-18(20)33-3/h5-7,10-11,14-15,21H,8-9,12-13H2,1-4H3/t14-,15-,21-/m0/s1. The molecule has 4 rings (SSSR count). The Morgan fingerprint density at radius 1 is 1.14 bits per heavy atom. The molecule has 13 heteroatoms. The van der Waals surface area contributed by atoms with Crippen LogP contribution >= 0.6 is 11.6 Å². The van der Waals surface area contributed by atoms with Gasteiger partial charge in [-0.05, 0) is 25.5 Å². The SMILES string of the molecule is COc1cccc(OC)c1-n1c(CS(=O)(=O)[C@@H](C)[C@H](OC)c2ncc(Cl)cn2)nnc1[C@H]1CCOC1. The van der Waals surface area contributed by atoms with Crippen LogP contribution < -0.4 is 9.47 Å². The molecular weight excluding hydrogens is 510 g/mol. The second-order valence-electron chi connectivity index (χ2n) is 8.31. The van der Waals surface area contributed by atoms with Crippen molar-refractivity contribution in [3.05, 3.63) is 53.1 Å². The lowest BCUT2D eigenvalue weighted by Crippen LogP contribution is -2.30. The smallest absolute Gasteiger partial charge is 0.163 e. The Morgan fingerprint density at radius 2 is 1.81 bits per heavy atom. The van der Waals surface area contributed by atoms with E-state index in [-0.39, 0.29) is 17.6 Å². The highest BCUT2D eigenvalue weighted by molar-refractivity contribution is 7.91. The molecule has 0 amide bonds. The van der Waals surface area contributed by atoms with E-state index in [9.17, 15) is 8.42 Å². The average Bonchev–Trinajstić information content (AvgIpc) is 3.54. The predicted molar refractivity (Wildman–Crippen MR) is 132 cm³/mol. The van der Waals surface area contributed by atoms with E-state index in [1.807, 2.05) is 0 Å². The summed E-state index contributed by atoms with van der Waals surface area (Å²) in [6.07, 6.45) is 2.62. The molecule has 0 radical (unpaired) electrons. The molecule has 0 bridgehead atoms. The van der Waals surface area contributed by atoms with E-state index in [1.54, 1.807) is 29.7 Å². The molecule has 3 aromatic rings. The van der Waals surface area contributed by atoms with Crippen molar-refractivity contribution in [3.8, 4) is 17.2 Å². The number of hydrogen-bond donors (Lipinski definition) is 0. The summed E-state index contributed by atoms with van der Waals surface area (Å²) < 4.78 is 51.2. The van der Waals surface area contributed by atoms with Crippen LogP contribution in [0.2, 0.25) is 5.02 Å². The molecule has 1 aromatic carbocycles. The van der Waals surface area contributed by atoms with Gasteiger partial charge in [0, 0.05) is 32.0 Å². The number of aromatic nitrogens is 5. The van der Waals surface area contributed by atoms with Crippen LogP contribution in [0.25, 0.3) is 5.69 Å². The zero-order valence-corrected chi connectivity index (χ0v) is 22.0. The highest BCUT2D eigenvalue weighted by atomic mass is 35.5. The molecule has 3 heterocycles. The van der Waals surface area contributed by atoms with Crippen molar-refractivity contribution in [2.45, 2.75) is 36.4 Å². The summed E-state index contributed by atoms with van der Waals surface area (Å²) in [5.41, 5.74) is 0.525. The summed E-state index contributed by atoms with van der Waals surface area (Å²) in [5, 5.41) is 8.04. The maximum absolute atomic E-state index is 13.6. The van der Waals surface area contributed by atoms with Gasteiger partial charge < -0.3 is 18.9 Å². The van der Waals surface area contributed by atoms with Crippen molar-refractivity contribution in [2.75, 3.05) is 34.5 Å². The minimum atomic E-state index is -3.84. The minimum absolute atomic E-state index is 0.0600. The van der Waals surface area contributed by atoms with Crippen molar-refractivity contribution >= 4 is 21.4 Å². The number of methoxy groups -OCH3 is 3. The van der Waals surface area contributed by atoms with Gasteiger partial charge in [0.1, 0.15) is 34.9 Å². The first-order chi connectivity index (χ1) is 17.3. The first kappa shape index (κ1) is 26.3. The number of ether oxygens (including phenoxy) is 4. The number of para-hydroxylation sites is 1. The number of rotatable bonds is 10. The Balaban J connectivity index is 1.77. The molecule has 1 fully saturated rings. The highest BCUT2D eigenvalue weighted by Crippen LogP contribution is 2.37. The van der Waals surface area contributed by atoms with Crippen LogP contribution in [-0.4, -0.2) is 72.9 Å². The van der Waals surface area contributed by atoms with E-state index >= 15 is 0 Å². The normalized spacial score (nSPS) is 17.6. The van der Waals surface area contributed by atoms with Crippen molar-refractivity contribution in [1.29, 1.82) is 0 Å². The van der Waals surface area contributed by atoms with E-state index in [1.165, 1.54) is 33.7 Å². The lowest BCUT2D eigenvalue weighted by molar-refractivity contribution is 0.0948. The number of halogens is 1. The Hall–Kier alpha value is -2.80. The van der Waals surface area contributed by atoms with Gasteiger partial charge in [0.25, 0.3) is 0 Å². The topological polar surface area (TPSA) is 128 Å². The van der Waals surface area contributed by atoms with E-state index in [4.69, 9.17) is 30.5 Å². The fourth-order valence-electron chi connectivity index (χ4n) is 4.20. The van der Waals surface area contributed by atoms with Gasteiger partial charge in [-0.25, -0.2) is 18.4 Å². The highest BCUT2D eigenvalue weighted by Gasteiger charge is 2.36. The first-order valence-electron chi connectivity index (χ1n) is 11.3. The molecule has 0 saturated carbocycles. The lowest BCUT2D eigenvalue weighted by Gasteiger charge is -2.22. The molecule has 0 unspecified atom stereocenters. The zero-order valence-electron chi connectivity index (χ0n) is 20.4. The van der Waals surface area contributed by atoms with E-state index in [2.05, 4.69) is 20.2 Å². The average molecular weight is 538 g/mol. The van der Waals surface area contributed by atoms with Crippen LogP contribution in [0.15, 0.2) is 30.6 Å². The molecule has 1 saturated heterocycles. The van der Waals surface area contributed by atoms with E-state index in [0.717, 1.165) is 6.42 Å². The van der Waals surface area contributed by atoms with Crippen LogP contribution in [0.1, 0.15) is 42.8 Å². The number of hydrogen-bond acceptors (Lipinski definition) is 10. The third-order valence-corrected chi connectivity index (χ3v) is 8.38. The summed E-state index contributed by atoms with van der Waals surface area (Å²) in [6, 6.07) is 5.33. The maximum Gasteiger partial charge on any atom is 0.163 e. The van der Waals surface area contributed by atoms with Crippen LogP contribution in [0.5, 0.6) is 11.5 Å². The summed E-state index contributed by atoms with van der Waals surface area (Å²) in [6.45, 7) is 2.60. The molecule has 1 aliphatic heterocycles. The number of benzene rings is 1.